The normalized spacial score (nSPS) is 18.1. The van der Waals surface area contributed by atoms with Crippen LogP contribution in [0.1, 0.15) is 54.0 Å². The second-order valence-electron chi connectivity index (χ2n) is 9.07. The number of methoxy groups -OCH3 is 1. The monoisotopic (exact) mass is 450 g/mol. The van der Waals surface area contributed by atoms with E-state index in [4.69, 9.17) is 9.47 Å². The lowest BCUT2D eigenvalue weighted by atomic mass is 9.86. The predicted octanol–water partition coefficient (Wildman–Crippen LogP) is 3.80. The van der Waals surface area contributed by atoms with Gasteiger partial charge in [-0.05, 0) is 55.0 Å². The lowest BCUT2D eigenvalue weighted by Gasteiger charge is -2.39. The number of nitrogens with zero attached hydrogens (tertiary/aromatic N) is 1. The van der Waals surface area contributed by atoms with E-state index >= 15 is 0 Å². The van der Waals surface area contributed by atoms with Crippen molar-refractivity contribution in [1.29, 1.82) is 0 Å². The minimum atomic E-state index is -0.182. The minimum Gasteiger partial charge on any atom is -0.484 e. The molecule has 1 aliphatic heterocycles. The van der Waals surface area contributed by atoms with E-state index in [1.54, 1.807) is 7.11 Å². The van der Waals surface area contributed by atoms with E-state index in [9.17, 15) is 9.59 Å². The number of carbonyl (C=O) groups is 2. The van der Waals surface area contributed by atoms with Gasteiger partial charge >= 0.3 is 0 Å². The van der Waals surface area contributed by atoms with Gasteiger partial charge in [-0.1, -0.05) is 48.7 Å². The second kappa shape index (κ2) is 10.8. The summed E-state index contributed by atoms with van der Waals surface area (Å²) in [6.07, 6.45) is 5.09. The second-order valence-corrected chi connectivity index (χ2v) is 9.07. The largest absolute Gasteiger partial charge is 0.484 e. The number of hydrogen-bond donors (Lipinski definition) is 1. The molecule has 2 amide bonds. The molecule has 1 fully saturated rings. The highest BCUT2D eigenvalue weighted by atomic mass is 16.5. The third kappa shape index (κ3) is 5.56. The van der Waals surface area contributed by atoms with Crippen LogP contribution in [0.4, 0.5) is 0 Å². The Bertz CT molecular complexity index is 984. The molecule has 0 spiro atoms. The maximum absolute atomic E-state index is 13.5. The Kier molecular flexibility index (Phi) is 7.65. The zero-order valence-corrected chi connectivity index (χ0v) is 19.6. The van der Waals surface area contributed by atoms with E-state index in [1.165, 1.54) is 11.1 Å². The first kappa shape index (κ1) is 23.3. The average molecular weight is 451 g/mol. The molecule has 1 aliphatic carbocycles. The number of benzene rings is 2. The number of amides is 2. The molecular formula is C27H34N2O4. The molecule has 33 heavy (non-hydrogen) atoms. The van der Waals surface area contributed by atoms with Crippen molar-refractivity contribution in [2.24, 2.45) is 5.92 Å². The molecule has 1 saturated carbocycles. The third-order valence-corrected chi connectivity index (χ3v) is 6.69. The molecule has 2 aliphatic rings. The van der Waals surface area contributed by atoms with Gasteiger partial charge in [-0.3, -0.25) is 9.59 Å². The third-order valence-electron chi connectivity index (χ3n) is 6.69. The zero-order valence-electron chi connectivity index (χ0n) is 19.6. The van der Waals surface area contributed by atoms with Crippen LogP contribution in [-0.4, -0.2) is 50.1 Å². The van der Waals surface area contributed by atoms with Crippen LogP contribution in [0.25, 0.3) is 0 Å². The molecule has 0 bridgehead atoms. The molecule has 1 N–H and O–H groups in total. The SMILES string of the molecule is COCCNC(=O)COc1ccc2c(c1)C(c1cccc(C)c1)N(C(=O)C1CCCC1)CC2. The molecule has 6 nitrogen and oxygen atoms in total. The van der Waals surface area contributed by atoms with Crippen molar-refractivity contribution in [3.05, 3.63) is 64.7 Å². The molecule has 1 atom stereocenters. The Morgan fingerprint density at radius 3 is 2.70 bits per heavy atom. The summed E-state index contributed by atoms with van der Waals surface area (Å²) < 4.78 is 10.8. The fourth-order valence-corrected chi connectivity index (χ4v) is 5.02. The molecule has 6 heteroatoms. The summed E-state index contributed by atoms with van der Waals surface area (Å²) in [6.45, 7) is 3.67. The summed E-state index contributed by atoms with van der Waals surface area (Å²) in [6, 6.07) is 14.3. The van der Waals surface area contributed by atoms with Gasteiger partial charge in [0.25, 0.3) is 5.91 Å². The van der Waals surface area contributed by atoms with Gasteiger partial charge in [0.1, 0.15) is 5.75 Å². The number of aryl methyl sites for hydroxylation is 1. The number of hydrogen-bond acceptors (Lipinski definition) is 4. The number of carbonyl (C=O) groups excluding carboxylic acids is 2. The van der Waals surface area contributed by atoms with Crippen LogP contribution in [0.15, 0.2) is 42.5 Å². The van der Waals surface area contributed by atoms with Crippen LogP contribution in [0.3, 0.4) is 0 Å². The summed E-state index contributed by atoms with van der Waals surface area (Å²) in [4.78, 5) is 27.7. The number of fused-ring (bicyclic) bond motifs is 1. The Morgan fingerprint density at radius 2 is 1.94 bits per heavy atom. The maximum atomic E-state index is 13.5. The standard InChI is InChI=1S/C27H34N2O4/c1-19-6-5-9-22(16-19)26-24-17-23(33-18-25(30)28-13-15-32-2)11-10-20(24)12-14-29(26)27(31)21-7-3-4-8-21/h5-6,9-11,16-17,21,26H,3-4,7-8,12-15,18H2,1-2H3,(H,28,30). The van der Waals surface area contributed by atoms with E-state index in [0.29, 0.717) is 18.9 Å². The van der Waals surface area contributed by atoms with Crippen LogP contribution >= 0.6 is 0 Å². The van der Waals surface area contributed by atoms with Gasteiger partial charge in [0, 0.05) is 26.1 Å². The molecule has 2 aromatic carbocycles. The Morgan fingerprint density at radius 1 is 1.12 bits per heavy atom. The highest BCUT2D eigenvalue weighted by molar-refractivity contribution is 5.80. The van der Waals surface area contributed by atoms with Crippen LogP contribution < -0.4 is 10.1 Å². The van der Waals surface area contributed by atoms with Crippen LogP contribution in [0.2, 0.25) is 0 Å². The van der Waals surface area contributed by atoms with Crippen molar-refractivity contribution in [2.75, 3.05) is 33.4 Å². The lowest BCUT2D eigenvalue weighted by molar-refractivity contribution is -0.137. The lowest BCUT2D eigenvalue weighted by Crippen LogP contribution is -2.43. The summed E-state index contributed by atoms with van der Waals surface area (Å²) in [5.74, 6) is 0.865. The van der Waals surface area contributed by atoms with E-state index in [2.05, 4.69) is 47.5 Å². The summed E-state index contributed by atoms with van der Waals surface area (Å²) >= 11 is 0. The topological polar surface area (TPSA) is 67.9 Å². The van der Waals surface area contributed by atoms with E-state index in [1.807, 2.05) is 12.1 Å². The smallest absolute Gasteiger partial charge is 0.258 e. The predicted molar refractivity (Wildman–Crippen MR) is 127 cm³/mol. The Balaban J connectivity index is 1.60. The first-order valence-corrected chi connectivity index (χ1v) is 11.9. The molecule has 2 aromatic rings. The molecule has 0 aromatic heterocycles. The number of nitrogens with one attached hydrogen (secondary N) is 1. The van der Waals surface area contributed by atoms with E-state index in [0.717, 1.165) is 49.8 Å². The van der Waals surface area contributed by atoms with Crippen LogP contribution in [-0.2, 0) is 20.7 Å². The van der Waals surface area contributed by atoms with Crippen LogP contribution in [0.5, 0.6) is 5.75 Å². The minimum absolute atomic E-state index is 0.0532. The fourth-order valence-electron chi connectivity index (χ4n) is 5.02. The van der Waals surface area contributed by atoms with Gasteiger partial charge < -0.3 is 19.7 Å². The van der Waals surface area contributed by atoms with Gasteiger partial charge in [0.2, 0.25) is 5.91 Å². The number of rotatable bonds is 8. The van der Waals surface area contributed by atoms with Crippen molar-refractivity contribution < 1.29 is 19.1 Å². The Hall–Kier alpha value is -2.86. The maximum Gasteiger partial charge on any atom is 0.258 e. The first-order valence-electron chi connectivity index (χ1n) is 11.9. The van der Waals surface area contributed by atoms with Gasteiger partial charge in [-0.2, -0.15) is 0 Å². The summed E-state index contributed by atoms with van der Waals surface area (Å²) in [5, 5.41) is 2.77. The van der Waals surface area contributed by atoms with Crippen molar-refractivity contribution in [3.8, 4) is 5.75 Å². The zero-order chi connectivity index (χ0) is 23.2. The molecule has 0 radical (unpaired) electrons. The summed E-state index contributed by atoms with van der Waals surface area (Å²) in [5.41, 5.74) is 4.62. The first-order chi connectivity index (χ1) is 16.1. The summed E-state index contributed by atoms with van der Waals surface area (Å²) in [7, 11) is 1.60. The molecule has 1 unspecified atom stereocenters. The Labute approximate surface area is 196 Å². The average Bonchev–Trinajstić information content (AvgIpc) is 3.36. The molecule has 4 rings (SSSR count). The van der Waals surface area contributed by atoms with Gasteiger partial charge in [-0.15, -0.1) is 0 Å². The highest BCUT2D eigenvalue weighted by Crippen LogP contribution is 2.39. The molecular weight excluding hydrogens is 416 g/mol. The molecule has 176 valence electrons. The molecule has 0 saturated heterocycles. The highest BCUT2D eigenvalue weighted by Gasteiger charge is 2.36. The quantitative estimate of drug-likeness (QED) is 0.621. The van der Waals surface area contributed by atoms with Crippen LogP contribution in [0, 0.1) is 12.8 Å². The number of ether oxygens (including phenoxy) is 2. The van der Waals surface area contributed by atoms with Gasteiger partial charge in [0.15, 0.2) is 6.61 Å². The van der Waals surface area contributed by atoms with Gasteiger partial charge in [0.05, 0.1) is 12.6 Å². The van der Waals surface area contributed by atoms with E-state index in [-0.39, 0.29) is 30.4 Å². The van der Waals surface area contributed by atoms with Crippen molar-refractivity contribution in [3.63, 3.8) is 0 Å². The van der Waals surface area contributed by atoms with Crippen molar-refractivity contribution in [1.82, 2.24) is 10.2 Å². The van der Waals surface area contributed by atoms with Crippen molar-refractivity contribution >= 4 is 11.8 Å². The van der Waals surface area contributed by atoms with E-state index < -0.39 is 0 Å². The van der Waals surface area contributed by atoms with Crippen molar-refractivity contribution in [2.45, 2.75) is 45.1 Å². The van der Waals surface area contributed by atoms with Gasteiger partial charge in [-0.25, -0.2) is 0 Å². The fraction of sp³-hybridized carbons (Fsp3) is 0.481. The molecule has 1 heterocycles.